The van der Waals surface area contributed by atoms with Gasteiger partial charge in [0.05, 0.1) is 0 Å². The maximum atomic E-state index is 12.2. The Bertz CT molecular complexity index is 733. The highest BCUT2D eigenvalue weighted by atomic mass is 79.9. The summed E-state index contributed by atoms with van der Waals surface area (Å²) in [6.45, 7) is 1.69. The summed E-state index contributed by atoms with van der Waals surface area (Å²) in [7, 11) is 3.41. The predicted molar refractivity (Wildman–Crippen MR) is 104 cm³/mol. The Morgan fingerprint density at radius 1 is 1.08 bits per heavy atom. The number of hydrogen-bond donors (Lipinski definition) is 1. The Morgan fingerprint density at radius 2 is 1.68 bits per heavy atom. The molecular weight excluding hydrogens is 404 g/mol. The largest absolute Gasteiger partial charge is 0.481 e. The summed E-state index contributed by atoms with van der Waals surface area (Å²) in [5.41, 5.74) is 0.651. The van der Waals surface area contributed by atoms with Gasteiger partial charge >= 0.3 is 0 Å². The molecule has 0 heterocycles. The van der Waals surface area contributed by atoms with Gasteiger partial charge in [0.25, 0.3) is 11.1 Å². The Balaban J connectivity index is 1.91. The maximum absolute atomic E-state index is 12.2. The minimum Gasteiger partial charge on any atom is -0.481 e. The van der Waals surface area contributed by atoms with E-state index in [1.165, 1.54) is 4.90 Å². The Morgan fingerprint density at radius 3 is 2.24 bits per heavy atom. The lowest BCUT2D eigenvalue weighted by molar-refractivity contribution is -0.122. The van der Waals surface area contributed by atoms with Gasteiger partial charge in [0.1, 0.15) is 5.75 Å². The van der Waals surface area contributed by atoms with E-state index in [4.69, 9.17) is 4.74 Å². The number of carbonyl (C=O) groups is 2. The number of ether oxygens (including phenoxy) is 1. The average molecular weight is 423 g/mol. The number of thioether (sulfide) groups is 1. The molecule has 0 fully saturated rings. The summed E-state index contributed by atoms with van der Waals surface area (Å²) < 4.78 is 6.57. The van der Waals surface area contributed by atoms with Gasteiger partial charge in [-0.15, -0.1) is 0 Å². The molecule has 0 saturated heterocycles. The van der Waals surface area contributed by atoms with Crippen LogP contribution in [-0.2, 0) is 4.79 Å². The van der Waals surface area contributed by atoms with E-state index in [9.17, 15) is 9.59 Å². The Kier molecular flexibility index (Phi) is 6.90. The smallest absolute Gasteiger partial charge is 0.285 e. The van der Waals surface area contributed by atoms with Crippen LogP contribution in [-0.4, -0.2) is 36.2 Å². The van der Waals surface area contributed by atoms with E-state index in [1.807, 2.05) is 12.1 Å². The van der Waals surface area contributed by atoms with Crippen LogP contribution in [0.3, 0.4) is 0 Å². The molecule has 0 bridgehead atoms. The molecular formula is C18H19BrN2O3S. The lowest BCUT2D eigenvalue weighted by Gasteiger charge is -2.15. The molecule has 1 N–H and O–H groups in total. The number of hydrogen-bond acceptors (Lipinski definition) is 4. The molecule has 132 valence electrons. The average Bonchev–Trinajstić information content (AvgIpc) is 2.58. The molecule has 7 heteroatoms. The molecule has 2 aromatic carbocycles. The van der Waals surface area contributed by atoms with E-state index < -0.39 is 6.10 Å². The third-order valence-electron chi connectivity index (χ3n) is 3.19. The topological polar surface area (TPSA) is 58.6 Å². The zero-order chi connectivity index (χ0) is 18.4. The van der Waals surface area contributed by atoms with Gasteiger partial charge in [-0.3, -0.25) is 9.59 Å². The highest BCUT2D eigenvalue weighted by Crippen LogP contribution is 2.23. The lowest BCUT2D eigenvalue weighted by Crippen LogP contribution is -2.30. The first-order valence-electron chi connectivity index (χ1n) is 7.57. The van der Waals surface area contributed by atoms with Gasteiger partial charge in [0.15, 0.2) is 6.10 Å². The molecule has 0 saturated carbocycles. The Hall–Kier alpha value is -1.99. The van der Waals surface area contributed by atoms with Gasteiger partial charge in [-0.1, -0.05) is 15.9 Å². The van der Waals surface area contributed by atoms with Gasteiger partial charge in [0.2, 0.25) is 0 Å². The van der Waals surface area contributed by atoms with Crippen molar-refractivity contribution in [3.8, 4) is 5.75 Å². The third-order valence-corrected chi connectivity index (χ3v) is 4.76. The van der Waals surface area contributed by atoms with Crippen molar-refractivity contribution in [1.82, 2.24) is 4.90 Å². The second kappa shape index (κ2) is 8.92. The molecule has 0 aromatic heterocycles. The van der Waals surface area contributed by atoms with Crippen LogP contribution >= 0.6 is 27.7 Å². The summed E-state index contributed by atoms with van der Waals surface area (Å²) in [5, 5.41) is 2.75. The van der Waals surface area contributed by atoms with Crippen LogP contribution in [0.2, 0.25) is 0 Å². The van der Waals surface area contributed by atoms with E-state index in [2.05, 4.69) is 21.2 Å². The molecule has 25 heavy (non-hydrogen) atoms. The van der Waals surface area contributed by atoms with Crippen molar-refractivity contribution in [2.45, 2.75) is 17.9 Å². The number of nitrogens with one attached hydrogen (secondary N) is 1. The van der Waals surface area contributed by atoms with Crippen molar-refractivity contribution < 1.29 is 14.3 Å². The van der Waals surface area contributed by atoms with Crippen LogP contribution in [0.25, 0.3) is 0 Å². The summed E-state index contributed by atoms with van der Waals surface area (Å²) in [6.07, 6.45) is -0.634. The van der Waals surface area contributed by atoms with Gasteiger partial charge in [-0.05, 0) is 67.2 Å². The quantitative estimate of drug-likeness (QED) is 0.713. The number of halogens is 1. The zero-order valence-corrected chi connectivity index (χ0v) is 16.6. The van der Waals surface area contributed by atoms with Crippen LogP contribution in [0.4, 0.5) is 10.5 Å². The third kappa shape index (κ3) is 6.10. The van der Waals surface area contributed by atoms with Crippen LogP contribution in [0.15, 0.2) is 57.9 Å². The monoisotopic (exact) mass is 422 g/mol. The van der Waals surface area contributed by atoms with Gasteiger partial charge in [0, 0.05) is 29.2 Å². The van der Waals surface area contributed by atoms with Crippen molar-refractivity contribution in [2.75, 3.05) is 19.4 Å². The molecule has 0 spiro atoms. The first-order chi connectivity index (χ1) is 11.8. The number of nitrogens with zero attached hydrogens (tertiary/aromatic N) is 1. The van der Waals surface area contributed by atoms with Crippen molar-refractivity contribution in [3.63, 3.8) is 0 Å². The summed E-state index contributed by atoms with van der Waals surface area (Å²) in [6, 6.07) is 14.4. The second-order valence-electron chi connectivity index (χ2n) is 5.49. The number of rotatable bonds is 5. The molecule has 2 amide bonds. The minimum absolute atomic E-state index is 0.0479. The van der Waals surface area contributed by atoms with Crippen molar-refractivity contribution >= 4 is 44.5 Å². The normalized spacial score (nSPS) is 11.5. The van der Waals surface area contributed by atoms with Crippen molar-refractivity contribution in [2.24, 2.45) is 0 Å². The van der Waals surface area contributed by atoms with Crippen LogP contribution in [0.5, 0.6) is 5.75 Å². The summed E-state index contributed by atoms with van der Waals surface area (Å²) in [5.74, 6) is 0.382. The molecule has 0 radical (unpaired) electrons. The molecule has 2 aromatic rings. The fraction of sp³-hybridized carbons (Fsp3) is 0.222. The number of carbonyl (C=O) groups excluding carboxylic acids is 2. The first-order valence-corrected chi connectivity index (χ1v) is 9.18. The van der Waals surface area contributed by atoms with Crippen molar-refractivity contribution in [1.29, 1.82) is 0 Å². The molecule has 5 nitrogen and oxygen atoms in total. The fourth-order valence-corrected chi connectivity index (χ4v) is 2.73. The lowest BCUT2D eigenvalue weighted by atomic mass is 10.3. The SMILES string of the molecule is CC(Oc1ccc(Br)cc1)C(=O)Nc1ccc(SC(=O)N(C)C)cc1. The van der Waals surface area contributed by atoms with E-state index >= 15 is 0 Å². The van der Waals surface area contributed by atoms with E-state index in [0.29, 0.717) is 11.4 Å². The molecule has 2 rings (SSSR count). The fourth-order valence-electron chi connectivity index (χ4n) is 1.81. The molecule has 1 unspecified atom stereocenters. The van der Waals surface area contributed by atoms with Gasteiger partial charge < -0.3 is 15.0 Å². The molecule has 0 aliphatic rings. The minimum atomic E-state index is -0.634. The highest BCUT2D eigenvalue weighted by molar-refractivity contribution is 9.10. The van der Waals surface area contributed by atoms with Crippen LogP contribution < -0.4 is 10.1 Å². The first kappa shape index (κ1) is 19.3. The van der Waals surface area contributed by atoms with E-state index in [0.717, 1.165) is 21.1 Å². The zero-order valence-electron chi connectivity index (χ0n) is 14.2. The predicted octanol–water partition coefficient (Wildman–Crippen LogP) is 4.63. The second-order valence-corrected chi connectivity index (χ2v) is 7.43. The van der Waals surface area contributed by atoms with Gasteiger partial charge in [-0.2, -0.15) is 0 Å². The van der Waals surface area contributed by atoms with E-state index in [-0.39, 0.29) is 11.1 Å². The van der Waals surface area contributed by atoms with Gasteiger partial charge in [-0.25, -0.2) is 0 Å². The number of amides is 2. The molecule has 0 aliphatic heterocycles. The summed E-state index contributed by atoms with van der Waals surface area (Å²) >= 11 is 4.49. The molecule has 0 aliphatic carbocycles. The van der Waals surface area contributed by atoms with E-state index in [1.54, 1.807) is 57.4 Å². The summed E-state index contributed by atoms with van der Waals surface area (Å²) in [4.78, 5) is 26.2. The Labute approximate surface area is 159 Å². The van der Waals surface area contributed by atoms with Crippen LogP contribution in [0.1, 0.15) is 6.92 Å². The number of benzene rings is 2. The maximum Gasteiger partial charge on any atom is 0.285 e. The number of anilines is 1. The van der Waals surface area contributed by atoms with Crippen LogP contribution in [0, 0.1) is 0 Å². The highest BCUT2D eigenvalue weighted by Gasteiger charge is 2.15. The standard InChI is InChI=1S/C18H19BrN2O3S/c1-12(24-15-8-4-13(19)5-9-15)17(22)20-14-6-10-16(11-7-14)25-18(23)21(2)3/h4-12H,1-3H3,(H,20,22). The molecule has 1 atom stereocenters. The van der Waals surface area contributed by atoms with Crippen molar-refractivity contribution in [3.05, 3.63) is 53.0 Å².